The minimum atomic E-state index is -0.0933. The van der Waals surface area contributed by atoms with Crippen molar-refractivity contribution in [2.45, 2.75) is 19.3 Å². The Morgan fingerprint density at radius 3 is 2.17 bits per heavy atom. The SMILES string of the molecule is COc1cccc(C(C)(C)c2cccc(N)c2)c1. The highest BCUT2D eigenvalue weighted by atomic mass is 16.5. The summed E-state index contributed by atoms with van der Waals surface area (Å²) in [5.41, 5.74) is 8.99. The first-order valence-electron chi connectivity index (χ1n) is 6.04. The zero-order chi connectivity index (χ0) is 13.2. The Labute approximate surface area is 108 Å². The molecule has 0 saturated carbocycles. The van der Waals surface area contributed by atoms with E-state index in [1.54, 1.807) is 7.11 Å². The van der Waals surface area contributed by atoms with E-state index in [0.717, 1.165) is 11.4 Å². The summed E-state index contributed by atoms with van der Waals surface area (Å²) in [4.78, 5) is 0. The van der Waals surface area contributed by atoms with Crippen molar-refractivity contribution < 1.29 is 4.74 Å². The molecule has 2 aromatic carbocycles. The zero-order valence-corrected chi connectivity index (χ0v) is 11.1. The third-order valence-electron chi connectivity index (χ3n) is 3.40. The van der Waals surface area contributed by atoms with Crippen LogP contribution in [0.15, 0.2) is 48.5 Å². The first-order valence-corrected chi connectivity index (χ1v) is 6.04. The average molecular weight is 241 g/mol. The van der Waals surface area contributed by atoms with Crippen LogP contribution in [0.2, 0.25) is 0 Å². The molecule has 0 saturated heterocycles. The van der Waals surface area contributed by atoms with Crippen molar-refractivity contribution in [3.8, 4) is 5.75 Å². The van der Waals surface area contributed by atoms with Gasteiger partial charge in [-0.25, -0.2) is 0 Å². The van der Waals surface area contributed by atoms with Crippen molar-refractivity contribution in [3.05, 3.63) is 59.7 Å². The second kappa shape index (κ2) is 4.73. The van der Waals surface area contributed by atoms with E-state index in [4.69, 9.17) is 10.5 Å². The maximum atomic E-state index is 5.86. The topological polar surface area (TPSA) is 35.2 Å². The molecule has 0 unspecified atom stereocenters. The number of nitrogen functional groups attached to an aromatic ring is 1. The molecule has 2 rings (SSSR count). The Morgan fingerprint density at radius 1 is 0.944 bits per heavy atom. The summed E-state index contributed by atoms with van der Waals surface area (Å²) in [5.74, 6) is 0.879. The molecule has 2 aromatic rings. The first kappa shape index (κ1) is 12.5. The molecule has 0 aliphatic carbocycles. The van der Waals surface area contributed by atoms with Crippen LogP contribution in [0.3, 0.4) is 0 Å². The molecule has 18 heavy (non-hydrogen) atoms. The lowest BCUT2D eigenvalue weighted by atomic mass is 9.78. The van der Waals surface area contributed by atoms with Gasteiger partial charge in [0, 0.05) is 11.1 Å². The van der Waals surface area contributed by atoms with Gasteiger partial charge < -0.3 is 10.5 Å². The van der Waals surface area contributed by atoms with Gasteiger partial charge in [-0.1, -0.05) is 38.1 Å². The Balaban J connectivity index is 2.46. The Kier molecular flexibility index (Phi) is 3.28. The van der Waals surface area contributed by atoms with E-state index in [0.29, 0.717) is 0 Å². The predicted molar refractivity (Wildman–Crippen MR) is 76.0 cm³/mol. The van der Waals surface area contributed by atoms with Gasteiger partial charge >= 0.3 is 0 Å². The molecule has 0 aromatic heterocycles. The Bertz CT molecular complexity index is 546. The number of anilines is 1. The molecule has 0 heterocycles. The minimum absolute atomic E-state index is 0.0933. The number of rotatable bonds is 3. The maximum absolute atomic E-state index is 5.86. The molecule has 0 bridgehead atoms. The summed E-state index contributed by atoms with van der Waals surface area (Å²) >= 11 is 0. The first-order chi connectivity index (χ1) is 8.54. The molecule has 0 amide bonds. The van der Waals surface area contributed by atoms with Gasteiger partial charge in [-0.3, -0.25) is 0 Å². The number of methoxy groups -OCH3 is 1. The highest BCUT2D eigenvalue weighted by Gasteiger charge is 2.23. The van der Waals surface area contributed by atoms with E-state index >= 15 is 0 Å². The standard InChI is InChI=1S/C16H19NO/c1-16(2,12-6-4-8-14(17)10-12)13-7-5-9-15(11-13)18-3/h4-11H,17H2,1-3H3. The second-order valence-corrected chi connectivity index (χ2v) is 4.98. The smallest absolute Gasteiger partial charge is 0.119 e. The largest absolute Gasteiger partial charge is 0.497 e. The van der Waals surface area contributed by atoms with E-state index in [9.17, 15) is 0 Å². The molecule has 0 atom stereocenters. The van der Waals surface area contributed by atoms with Crippen molar-refractivity contribution >= 4 is 5.69 Å². The zero-order valence-electron chi connectivity index (χ0n) is 11.1. The summed E-state index contributed by atoms with van der Waals surface area (Å²) in [7, 11) is 1.69. The van der Waals surface area contributed by atoms with Gasteiger partial charge in [0.2, 0.25) is 0 Å². The number of ether oxygens (including phenoxy) is 1. The third-order valence-corrected chi connectivity index (χ3v) is 3.40. The molecule has 2 nitrogen and oxygen atoms in total. The highest BCUT2D eigenvalue weighted by molar-refractivity contribution is 5.47. The van der Waals surface area contributed by atoms with Crippen LogP contribution in [0.4, 0.5) is 5.69 Å². The molecule has 0 radical (unpaired) electrons. The van der Waals surface area contributed by atoms with Crippen LogP contribution in [-0.2, 0) is 5.41 Å². The second-order valence-electron chi connectivity index (χ2n) is 4.98. The van der Waals surface area contributed by atoms with Crippen LogP contribution in [0.25, 0.3) is 0 Å². The number of hydrogen-bond donors (Lipinski definition) is 1. The van der Waals surface area contributed by atoms with E-state index in [2.05, 4.69) is 32.0 Å². The van der Waals surface area contributed by atoms with Crippen LogP contribution in [0, 0.1) is 0 Å². The average Bonchev–Trinajstić information content (AvgIpc) is 2.39. The van der Waals surface area contributed by atoms with E-state index in [1.165, 1.54) is 11.1 Å². The van der Waals surface area contributed by atoms with Crippen molar-refractivity contribution in [3.63, 3.8) is 0 Å². The normalized spacial score (nSPS) is 11.3. The molecule has 2 heteroatoms. The molecular formula is C16H19NO. The monoisotopic (exact) mass is 241 g/mol. The van der Waals surface area contributed by atoms with Crippen LogP contribution < -0.4 is 10.5 Å². The van der Waals surface area contributed by atoms with Crippen LogP contribution in [0.5, 0.6) is 5.75 Å². The molecule has 0 aliphatic heterocycles. The fraction of sp³-hybridized carbons (Fsp3) is 0.250. The molecule has 0 fully saturated rings. The van der Waals surface area contributed by atoms with Gasteiger partial charge in [0.15, 0.2) is 0 Å². The molecule has 94 valence electrons. The number of hydrogen-bond acceptors (Lipinski definition) is 2. The van der Waals surface area contributed by atoms with Crippen molar-refractivity contribution in [2.75, 3.05) is 12.8 Å². The van der Waals surface area contributed by atoms with Crippen LogP contribution in [-0.4, -0.2) is 7.11 Å². The summed E-state index contributed by atoms with van der Waals surface area (Å²) in [6.45, 7) is 4.38. The molecular weight excluding hydrogens is 222 g/mol. The van der Waals surface area contributed by atoms with Crippen LogP contribution in [0.1, 0.15) is 25.0 Å². The summed E-state index contributed by atoms with van der Waals surface area (Å²) < 4.78 is 5.28. The summed E-state index contributed by atoms with van der Waals surface area (Å²) in [5, 5.41) is 0. The van der Waals surface area contributed by atoms with Gasteiger partial charge in [0.1, 0.15) is 5.75 Å². The fourth-order valence-electron chi connectivity index (χ4n) is 2.11. The lowest BCUT2D eigenvalue weighted by Gasteiger charge is -2.26. The summed E-state index contributed by atoms with van der Waals surface area (Å²) in [6.07, 6.45) is 0. The third kappa shape index (κ3) is 2.33. The van der Waals surface area contributed by atoms with Gasteiger partial charge in [0.05, 0.1) is 7.11 Å². The maximum Gasteiger partial charge on any atom is 0.119 e. The number of benzene rings is 2. The predicted octanol–water partition coefficient (Wildman–Crippen LogP) is 3.60. The molecule has 0 spiro atoms. The highest BCUT2D eigenvalue weighted by Crippen LogP contribution is 2.33. The van der Waals surface area contributed by atoms with E-state index in [1.807, 2.05) is 30.3 Å². The minimum Gasteiger partial charge on any atom is -0.497 e. The summed E-state index contributed by atoms with van der Waals surface area (Å²) in [6, 6.07) is 16.2. The Morgan fingerprint density at radius 2 is 1.56 bits per heavy atom. The molecule has 2 N–H and O–H groups in total. The van der Waals surface area contributed by atoms with Gasteiger partial charge in [0.25, 0.3) is 0 Å². The van der Waals surface area contributed by atoms with Gasteiger partial charge in [-0.05, 0) is 35.4 Å². The van der Waals surface area contributed by atoms with Crippen molar-refractivity contribution in [1.29, 1.82) is 0 Å². The van der Waals surface area contributed by atoms with Crippen molar-refractivity contribution in [1.82, 2.24) is 0 Å². The fourth-order valence-corrected chi connectivity index (χ4v) is 2.11. The molecule has 0 aliphatic rings. The quantitative estimate of drug-likeness (QED) is 0.833. The lowest BCUT2D eigenvalue weighted by Crippen LogP contribution is -2.19. The number of nitrogens with two attached hydrogens (primary N) is 1. The van der Waals surface area contributed by atoms with E-state index in [-0.39, 0.29) is 5.41 Å². The van der Waals surface area contributed by atoms with Gasteiger partial charge in [-0.15, -0.1) is 0 Å². The van der Waals surface area contributed by atoms with E-state index < -0.39 is 0 Å². The lowest BCUT2D eigenvalue weighted by molar-refractivity contribution is 0.413. The van der Waals surface area contributed by atoms with Gasteiger partial charge in [-0.2, -0.15) is 0 Å². The van der Waals surface area contributed by atoms with Crippen LogP contribution >= 0.6 is 0 Å². The van der Waals surface area contributed by atoms with Crippen molar-refractivity contribution in [2.24, 2.45) is 0 Å². The Hall–Kier alpha value is -1.96.